The maximum atomic E-state index is 12.2. The molecular weight excluding hydrogens is 382 g/mol. The molecule has 0 radical (unpaired) electrons. The molecule has 28 heavy (non-hydrogen) atoms. The van der Waals surface area contributed by atoms with Gasteiger partial charge in [0.2, 0.25) is 0 Å². The largest absolute Gasteiger partial charge is 0.497 e. The van der Waals surface area contributed by atoms with Crippen LogP contribution in [0.2, 0.25) is 0 Å². The van der Waals surface area contributed by atoms with Crippen LogP contribution in [0.15, 0.2) is 65.2 Å². The minimum absolute atomic E-state index is 0.138. The molecule has 0 aliphatic heterocycles. The Morgan fingerprint density at radius 2 is 1.96 bits per heavy atom. The van der Waals surface area contributed by atoms with Gasteiger partial charge in [0.15, 0.2) is 0 Å². The van der Waals surface area contributed by atoms with E-state index in [0.29, 0.717) is 13.0 Å². The van der Waals surface area contributed by atoms with Crippen molar-refractivity contribution in [3.63, 3.8) is 0 Å². The summed E-state index contributed by atoms with van der Waals surface area (Å²) in [6, 6.07) is 14.4. The van der Waals surface area contributed by atoms with Crippen molar-refractivity contribution in [3.8, 4) is 11.8 Å². The van der Waals surface area contributed by atoms with Crippen molar-refractivity contribution in [2.75, 3.05) is 19.0 Å². The Morgan fingerprint density at radius 1 is 1.25 bits per heavy atom. The molecule has 0 saturated carbocycles. The van der Waals surface area contributed by atoms with E-state index in [0.717, 1.165) is 17.4 Å². The maximum Gasteiger partial charge on any atom is 0.294 e. The number of hydrogen-bond acceptors (Lipinski definition) is 6. The number of amides is 1. The monoisotopic (exact) mass is 401 g/mol. The highest BCUT2D eigenvalue weighted by atomic mass is 32.2. The number of nitrogens with one attached hydrogen (secondary N) is 2. The molecule has 2 aromatic rings. The van der Waals surface area contributed by atoms with E-state index in [1.807, 2.05) is 24.3 Å². The van der Waals surface area contributed by atoms with E-state index in [2.05, 4.69) is 10.6 Å². The minimum Gasteiger partial charge on any atom is -0.497 e. The van der Waals surface area contributed by atoms with E-state index in [9.17, 15) is 13.2 Å². The molecule has 3 N–H and O–H groups in total. The summed E-state index contributed by atoms with van der Waals surface area (Å²) < 4.78 is 36.4. The van der Waals surface area contributed by atoms with Gasteiger partial charge in [-0.3, -0.25) is 9.35 Å². The lowest BCUT2D eigenvalue weighted by Crippen LogP contribution is -2.18. The van der Waals surface area contributed by atoms with Crippen molar-refractivity contribution in [1.29, 1.82) is 5.26 Å². The molecule has 2 aromatic carbocycles. The zero-order chi connectivity index (χ0) is 20.6. The van der Waals surface area contributed by atoms with Crippen LogP contribution in [0.5, 0.6) is 5.75 Å². The molecule has 0 aliphatic carbocycles. The molecular formula is C19H19N3O5S. The molecule has 2 rings (SSSR count). The average Bonchev–Trinajstić information content (AvgIpc) is 2.68. The first-order chi connectivity index (χ1) is 13.3. The molecule has 0 saturated heterocycles. The maximum absolute atomic E-state index is 12.2. The molecule has 0 unspecified atom stereocenters. The first-order valence-corrected chi connectivity index (χ1v) is 9.63. The van der Waals surface area contributed by atoms with Crippen LogP contribution in [-0.2, 0) is 21.3 Å². The van der Waals surface area contributed by atoms with Crippen molar-refractivity contribution in [1.82, 2.24) is 5.32 Å². The third-order valence-corrected chi connectivity index (χ3v) is 4.57. The molecule has 0 fully saturated rings. The summed E-state index contributed by atoms with van der Waals surface area (Å²) in [5, 5.41) is 14.5. The molecule has 146 valence electrons. The number of benzene rings is 2. The third-order valence-electron chi connectivity index (χ3n) is 3.72. The van der Waals surface area contributed by atoms with Crippen LogP contribution in [0.25, 0.3) is 0 Å². The van der Waals surface area contributed by atoms with E-state index in [1.165, 1.54) is 24.4 Å². The molecule has 0 heterocycles. The predicted octanol–water partition coefficient (Wildman–Crippen LogP) is 2.12. The van der Waals surface area contributed by atoms with Gasteiger partial charge in [-0.2, -0.15) is 13.7 Å². The second-order valence-corrected chi connectivity index (χ2v) is 7.10. The van der Waals surface area contributed by atoms with Gasteiger partial charge in [0.25, 0.3) is 16.0 Å². The zero-order valence-corrected chi connectivity index (χ0v) is 15.9. The summed E-state index contributed by atoms with van der Waals surface area (Å²) in [7, 11) is -2.79. The van der Waals surface area contributed by atoms with E-state index < -0.39 is 16.0 Å². The van der Waals surface area contributed by atoms with Crippen LogP contribution < -0.4 is 15.4 Å². The van der Waals surface area contributed by atoms with Crippen LogP contribution in [-0.4, -0.2) is 32.5 Å². The lowest BCUT2D eigenvalue weighted by molar-refractivity contribution is -0.112. The molecule has 0 aliphatic rings. The Morgan fingerprint density at radius 3 is 2.57 bits per heavy atom. The second kappa shape index (κ2) is 9.55. The van der Waals surface area contributed by atoms with Crippen LogP contribution in [0, 0.1) is 11.3 Å². The lowest BCUT2D eigenvalue weighted by atomic mass is 10.1. The Kier molecular flexibility index (Phi) is 7.14. The van der Waals surface area contributed by atoms with Crippen molar-refractivity contribution < 1.29 is 22.5 Å². The summed E-state index contributed by atoms with van der Waals surface area (Å²) in [5.74, 6) is 0.0602. The van der Waals surface area contributed by atoms with E-state index >= 15 is 0 Å². The molecule has 0 atom stereocenters. The smallest absolute Gasteiger partial charge is 0.294 e. The van der Waals surface area contributed by atoms with Gasteiger partial charge in [0, 0.05) is 18.4 Å². The fraction of sp³-hybridized carbons (Fsp3) is 0.158. The number of anilines is 1. The summed E-state index contributed by atoms with van der Waals surface area (Å²) in [4.78, 5) is 11.8. The first kappa shape index (κ1) is 21.0. The number of carbonyl (C=O) groups excluding carboxylic acids is 1. The van der Waals surface area contributed by atoms with Crippen LogP contribution >= 0.6 is 0 Å². The van der Waals surface area contributed by atoms with Gasteiger partial charge in [0.1, 0.15) is 17.4 Å². The number of nitrogens with zero attached hydrogens (tertiary/aromatic N) is 1. The van der Waals surface area contributed by atoms with Gasteiger partial charge in [-0.15, -0.1) is 0 Å². The number of ether oxygens (including phenoxy) is 1. The predicted molar refractivity (Wildman–Crippen MR) is 103 cm³/mol. The van der Waals surface area contributed by atoms with Gasteiger partial charge in [0.05, 0.1) is 12.0 Å². The lowest BCUT2D eigenvalue weighted by Gasteiger charge is -2.07. The number of nitriles is 1. The van der Waals surface area contributed by atoms with Crippen LogP contribution in [0.4, 0.5) is 5.69 Å². The minimum atomic E-state index is -4.39. The Labute approximate surface area is 163 Å². The first-order valence-electron chi connectivity index (χ1n) is 8.19. The normalized spacial score (nSPS) is 11.4. The molecule has 0 bridgehead atoms. The van der Waals surface area contributed by atoms with Crippen LogP contribution in [0.1, 0.15) is 5.56 Å². The fourth-order valence-electron chi connectivity index (χ4n) is 2.26. The summed E-state index contributed by atoms with van der Waals surface area (Å²) in [6.45, 7) is 0.503. The summed E-state index contributed by atoms with van der Waals surface area (Å²) in [6.07, 6.45) is 1.97. The highest BCUT2D eigenvalue weighted by Crippen LogP contribution is 2.16. The molecule has 1 amide bonds. The van der Waals surface area contributed by atoms with Gasteiger partial charge in [-0.25, -0.2) is 0 Å². The Bertz CT molecular complexity index is 1010. The van der Waals surface area contributed by atoms with E-state index in [1.54, 1.807) is 13.2 Å². The number of hydrogen-bond donors (Lipinski definition) is 3. The topological polar surface area (TPSA) is 129 Å². The van der Waals surface area contributed by atoms with Gasteiger partial charge >= 0.3 is 0 Å². The van der Waals surface area contributed by atoms with Crippen molar-refractivity contribution in [3.05, 3.63) is 65.9 Å². The van der Waals surface area contributed by atoms with Crippen molar-refractivity contribution in [2.45, 2.75) is 11.3 Å². The van der Waals surface area contributed by atoms with Crippen molar-refractivity contribution in [2.24, 2.45) is 0 Å². The number of methoxy groups -OCH3 is 1. The SMILES string of the molecule is COc1ccc(CCN/C=C(/C#N)C(=O)Nc2cccc(S(=O)(=O)O)c2)cc1. The second-order valence-electron chi connectivity index (χ2n) is 5.68. The fourth-order valence-corrected chi connectivity index (χ4v) is 2.79. The van der Waals surface area contributed by atoms with E-state index in [-0.39, 0.29) is 16.2 Å². The molecule has 8 nitrogen and oxygen atoms in total. The summed E-state index contributed by atoms with van der Waals surface area (Å²) in [5.41, 5.74) is 1.03. The Balaban J connectivity index is 1.94. The van der Waals surface area contributed by atoms with Gasteiger partial charge in [-0.1, -0.05) is 18.2 Å². The molecule has 0 spiro atoms. The quantitative estimate of drug-likeness (QED) is 0.267. The third kappa shape index (κ3) is 6.12. The van der Waals surface area contributed by atoms with Crippen molar-refractivity contribution >= 4 is 21.7 Å². The van der Waals surface area contributed by atoms with Gasteiger partial charge in [-0.05, 0) is 42.3 Å². The Hall–Kier alpha value is -3.35. The van der Waals surface area contributed by atoms with E-state index in [4.69, 9.17) is 14.6 Å². The summed E-state index contributed by atoms with van der Waals surface area (Å²) >= 11 is 0. The zero-order valence-electron chi connectivity index (χ0n) is 15.0. The number of rotatable bonds is 8. The highest BCUT2D eigenvalue weighted by molar-refractivity contribution is 7.85. The highest BCUT2D eigenvalue weighted by Gasteiger charge is 2.13. The average molecular weight is 401 g/mol. The molecule has 9 heteroatoms. The van der Waals surface area contributed by atoms with Crippen LogP contribution in [0.3, 0.4) is 0 Å². The van der Waals surface area contributed by atoms with Gasteiger partial charge < -0.3 is 15.4 Å². The molecule has 0 aromatic heterocycles. The standard InChI is InChI=1S/C19H19N3O5S/c1-27-17-7-5-14(6-8-17)9-10-21-13-15(12-20)19(23)22-16-3-2-4-18(11-16)28(24,25)26/h2-8,11,13,21H,9-10H2,1H3,(H,22,23)(H,24,25,26)/b15-13-. The number of carbonyl (C=O) groups is 1.